The minimum atomic E-state index is 0.174. The topological polar surface area (TPSA) is 58.6 Å². The van der Waals surface area contributed by atoms with Crippen molar-refractivity contribution in [2.75, 3.05) is 0 Å². The van der Waals surface area contributed by atoms with Gasteiger partial charge in [-0.2, -0.15) is 0 Å². The first-order chi connectivity index (χ1) is 9.86. The van der Waals surface area contributed by atoms with E-state index in [1.54, 1.807) is 11.8 Å². The molecule has 1 saturated carbocycles. The molecule has 1 aliphatic carbocycles. The number of benzene rings is 1. The van der Waals surface area contributed by atoms with Gasteiger partial charge in [-0.15, -0.1) is 0 Å². The molecule has 1 N–H and O–H groups in total. The van der Waals surface area contributed by atoms with Crippen molar-refractivity contribution in [1.82, 2.24) is 4.98 Å². The molecule has 1 atom stereocenters. The van der Waals surface area contributed by atoms with E-state index < -0.39 is 0 Å². The minimum absolute atomic E-state index is 0.174. The second kappa shape index (κ2) is 6.31. The van der Waals surface area contributed by atoms with Crippen molar-refractivity contribution in [3.05, 3.63) is 24.3 Å². The summed E-state index contributed by atoms with van der Waals surface area (Å²) in [5, 5.41) is 13.6. The monoisotopic (exact) mass is 290 g/mol. The van der Waals surface area contributed by atoms with Crippen LogP contribution in [0.4, 0.5) is 0 Å². The Hall–Kier alpha value is -1.49. The summed E-state index contributed by atoms with van der Waals surface area (Å²) in [6.45, 7) is 0. The summed E-state index contributed by atoms with van der Waals surface area (Å²) in [6, 6.07) is 7.77. The molecule has 4 nitrogen and oxygen atoms in total. The summed E-state index contributed by atoms with van der Waals surface area (Å²) in [6.07, 6.45) is 6.63. The van der Waals surface area contributed by atoms with E-state index in [1.807, 2.05) is 24.3 Å². The predicted octanol–water partition coefficient (Wildman–Crippen LogP) is 4.47. The second-order valence-corrected chi connectivity index (χ2v) is 6.25. The van der Waals surface area contributed by atoms with E-state index in [1.165, 1.54) is 12.8 Å². The number of thioether (sulfide) groups is 1. The van der Waals surface area contributed by atoms with Crippen molar-refractivity contribution in [3.8, 4) is 0 Å². The Kier molecular flexibility index (Phi) is 4.25. The Morgan fingerprint density at radius 3 is 2.90 bits per heavy atom. The number of oxime groups is 1. The fourth-order valence-electron chi connectivity index (χ4n) is 2.58. The van der Waals surface area contributed by atoms with Gasteiger partial charge in [0.1, 0.15) is 5.52 Å². The summed E-state index contributed by atoms with van der Waals surface area (Å²) in [7, 11) is 0. The van der Waals surface area contributed by atoms with Crippen LogP contribution in [-0.4, -0.2) is 21.2 Å². The van der Waals surface area contributed by atoms with E-state index >= 15 is 0 Å². The summed E-state index contributed by atoms with van der Waals surface area (Å²) >= 11 is 1.58. The molecule has 0 spiro atoms. The highest BCUT2D eigenvalue weighted by molar-refractivity contribution is 8.00. The van der Waals surface area contributed by atoms with Gasteiger partial charge in [0.2, 0.25) is 0 Å². The molecule has 1 aromatic carbocycles. The zero-order valence-electron chi connectivity index (χ0n) is 11.3. The molecule has 1 heterocycles. The van der Waals surface area contributed by atoms with Gasteiger partial charge in [-0.3, -0.25) is 0 Å². The van der Waals surface area contributed by atoms with Crippen LogP contribution in [0.15, 0.2) is 39.1 Å². The number of fused-ring (bicyclic) bond motifs is 1. The van der Waals surface area contributed by atoms with Crippen LogP contribution in [0.5, 0.6) is 0 Å². The molecule has 1 fully saturated rings. The molecule has 0 unspecified atom stereocenters. The zero-order valence-corrected chi connectivity index (χ0v) is 12.1. The maximum Gasteiger partial charge on any atom is 0.257 e. The van der Waals surface area contributed by atoms with Gasteiger partial charge in [0, 0.05) is 0 Å². The normalized spacial score (nSPS) is 22.8. The third kappa shape index (κ3) is 2.98. The van der Waals surface area contributed by atoms with Crippen molar-refractivity contribution < 1.29 is 9.62 Å². The first-order valence-corrected chi connectivity index (χ1v) is 7.98. The summed E-state index contributed by atoms with van der Waals surface area (Å²) < 4.78 is 5.75. The summed E-state index contributed by atoms with van der Waals surface area (Å²) in [5.41, 5.74) is 2.56. The van der Waals surface area contributed by atoms with E-state index in [0.29, 0.717) is 5.22 Å². The number of oxazole rings is 1. The number of hydrogen-bond acceptors (Lipinski definition) is 5. The molecule has 0 bridgehead atoms. The van der Waals surface area contributed by atoms with Gasteiger partial charge < -0.3 is 9.62 Å². The number of rotatable bonds is 2. The lowest BCUT2D eigenvalue weighted by molar-refractivity contribution is 0.315. The molecule has 106 valence electrons. The Bertz CT molecular complexity index is 576. The number of hydrogen-bond donors (Lipinski definition) is 1. The highest BCUT2D eigenvalue weighted by Gasteiger charge is 2.22. The summed E-state index contributed by atoms with van der Waals surface area (Å²) in [4.78, 5) is 4.49. The molecular weight excluding hydrogens is 272 g/mol. The van der Waals surface area contributed by atoms with Crippen molar-refractivity contribution in [2.24, 2.45) is 5.16 Å². The molecule has 0 saturated heterocycles. The number of aromatic nitrogens is 1. The van der Waals surface area contributed by atoms with Crippen LogP contribution in [0, 0.1) is 0 Å². The van der Waals surface area contributed by atoms with E-state index in [0.717, 1.165) is 42.5 Å². The molecule has 1 aromatic heterocycles. The van der Waals surface area contributed by atoms with Gasteiger partial charge in [0.15, 0.2) is 5.58 Å². The summed E-state index contributed by atoms with van der Waals surface area (Å²) in [5.74, 6) is 0. The molecule has 2 aromatic rings. The molecule has 1 aliphatic rings. The zero-order chi connectivity index (χ0) is 13.8. The number of para-hydroxylation sites is 2. The highest BCUT2D eigenvalue weighted by Crippen LogP contribution is 2.32. The predicted molar refractivity (Wildman–Crippen MR) is 80.6 cm³/mol. The minimum Gasteiger partial charge on any atom is -0.431 e. The average molecular weight is 290 g/mol. The molecule has 20 heavy (non-hydrogen) atoms. The van der Waals surface area contributed by atoms with Crippen LogP contribution in [0.1, 0.15) is 38.5 Å². The van der Waals surface area contributed by atoms with Crippen LogP contribution < -0.4 is 0 Å². The second-order valence-electron chi connectivity index (χ2n) is 5.10. The standard InChI is InChI=1S/C15H18N2O2S/c18-17-12-8-3-1-2-4-10-14(12)20-15-16-11-7-5-6-9-13(11)19-15/h5-7,9,14,18H,1-4,8,10H2/b17-12-/t14-/m1/s1. The van der Waals surface area contributed by atoms with Crippen LogP contribution in [-0.2, 0) is 0 Å². The molecule has 0 radical (unpaired) electrons. The van der Waals surface area contributed by atoms with E-state index in [9.17, 15) is 5.21 Å². The van der Waals surface area contributed by atoms with E-state index in [2.05, 4.69) is 10.1 Å². The lowest BCUT2D eigenvalue weighted by Gasteiger charge is -2.18. The van der Waals surface area contributed by atoms with Gasteiger partial charge >= 0.3 is 0 Å². The molecule has 5 heteroatoms. The van der Waals surface area contributed by atoms with Crippen LogP contribution in [0.25, 0.3) is 11.1 Å². The van der Waals surface area contributed by atoms with Crippen molar-refractivity contribution in [1.29, 1.82) is 0 Å². The van der Waals surface area contributed by atoms with Crippen LogP contribution >= 0.6 is 11.8 Å². The molecular formula is C15H18N2O2S. The maximum absolute atomic E-state index is 9.22. The fourth-order valence-corrected chi connectivity index (χ4v) is 3.70. The molecule has 3 rings (SSSR count). The molecule has 0 amide bonds. The van der Waals surface area contributed by atoms with Gasteiger partial charge in [0.25, 0.3) is 5.22 Å². The highest BCUT2D eigenvalue weighted by atomic mass is 32.2. The quantitative estimate of drug-likeness (QED) is 0.654. The van der Waals surface area contributed by atoms with Gasteiger partial charge in [0.05, 0.1) is 11.0 Å². The Morgan fingerprint density at radius 1 is 1.20 bits per heavy atom. The van der Waals surface area contributed by atoms with Gasteiger partial charge in [-0.1, -0.05) is 48.3 Å². The smallest absolute Gasteiger partial charge is 0.257 e. The van der Waals surface area contributed by atoms with Crippen molar-refractivity contribution >= 4 is 28.6 Å². The Balaban J connectivity index is 1.79. The largest absolute Gasteiger partial charge is 0.431 e. The van der Waals surface area contributed by atoms with Crippen molar-refractivity contribution in [2.45, 2.75) is 49.0 Å². The van der Waals surface area contributed by atoms with Crippen molar-refractivity contribution in [3.63, 3.8) is 0 Å². The van der Waals surface area contributed by atoms with Crippen LogP contribution in [0.3, 0.4) is 0 Å². The van der Waals surface area contributed by atoms with Crippen LogP contribution in [0.2, 0.25) is 0 Å². The fraction of sp³-hybridized carbons (Fsp3) is 0.467. The maximum atomic E-state index is 9.22. The first kappa shape index (κ1) is 13.5. The van der Waals surface area contributed by atoms with E-state index in [4.69, 9.17) is 4.42 Å². The first-order valence-electron chi connectivity index (χ1n) is 7.10. The van der Waals surface area contributed by atoms with Gasteiger partial charge in [-0.05, 0) is 31.4 Å². The number of nitrogens with zero attached hydrogens (tertiary/aromatic N) is 2. The lowest BCUT2D eigenvalue weighted by atomic mass is 9.99. The van der Waals surface area contributed by atoms with Gasteiger partial charge in [-0.25, -0.2) is 4.98 Å². The Morgan fingerprint density at radius 2 is 2.05 bits per heavy atom. The third-order valence-corrected chi connectivity index (χ3v) is 4.84. The molecule has 0 aliphatic heterocycles. The van der Waals surface area contributed by atoms with E-state index in [-0.39, 0.29) is 5.25 Å². The lowest BCUT2D eigenvalue weighted by Crippen LogP contribution is -2.19. The third-order valence-electron chi connectivity index (χ3n) is 3.67. The Labute approximate surface area is 122 Å². The average Bonchev–Trinajstić information content (AvgIpc) is 2.84. The SMILES string of the molecule is O/N=C1/CCCCCC[C@H]1Sc1nc2ccccc2o1.